The number of benzene rings is 1. The second kappa shape index (κ2) is 9.80. The van der Waals surface area contributed by atoms with Crippen molar-refractivity contribution in [3.63, 3.8) is 0 Å². The van der Waals surface area contributed by atoms with Crippen molar-refractivity contribution in [2.75, 3.05) is 51.1 Å². The summed E-state index contributed by atoms with van der Waals surface area (Å²) >= 11 is 0. The van der Waals surface area contributed by atoms with Crippen LogP contribution in [0.1, 0.15) is 25.7 Å². The van der Waals surface area contributed by atoms with E-state index >= 15 is 0 Å². The molecule has 3 rings (SSSR count). The van der Waals surface area contributed by atoms with Gasteiger partial charge in [0.05, 0.1) is 6.54 Å². The van der Waals surface area contributed by atoms with Crippen molar-refractivity contribution in [3.05, 3.63) is 30.1 Å². The fourth-order valence-corrected chi connectivity index (χ4v) is 3.75. The Hall–Kier alpha value is -1.99. The number of halogens is 1. The SMILES string of the molecule is O=C(CN1CCN(C(=O)CCC2CCNCC2)CC1)Nc1ccc(F)cc1. The van der Waals surface area contributed by atoms with Gasteiger partial charge in [-0.2, -0.15) is 0 Å². The molecule has 148 valence electrons. The van der Waals surface area contributed by atoms with Crippen molar-refractivity contribution >= 4 is 17.5 Å². The van der Waals surface area contributed by atoms with Crippen LogP contribution >= 0.6 is 0 Å². The first-order chi connectivity index (χ1) is 13.1. The minimum atomic E-state index is -0.325. The highest BCUT2D eigenvalue weighted by molar-refractivity contribution is 5.92. The zero-order valence-corrected chi connectivity index (χ0v) is 15.8. The van der Waals surface area contributed by atoms with Crippen molar-refractivity contribution in [1.29, 1.82) is 0 Å². The molecule has 0 aliphatic carbocycles. The molecule has 27 heavy (non-hydrogen) atoms. The molecule has 2 aliphatic rings. The lowest BCUT2D eigenvalue weighted by Gasteiger charge is -2.34. The monoisotopic (exact) mass is 376 g/mol. The van der Waals surface area contributed by atoms with Crippen LogP contribution < -0.4 is 10.6 Å². The number of hydrogen-bond acceptors (Lipinski definition) is 4. The third-order valence-corrected chi connectivity index (χ3v) is 5.45. The zero-order chi connectivity index (χ0) is 19.1. The lowest BCUT2D eigenvalue weighted by molar-refractivity contribution is -0.133. The molecule has 0 radical (unpaired) electrons. The van der Waals surface area contributed by atoms with E-state index in [0.717, 1.165) is 19.5 Å². The summed E-state index contributed by atoms with van der Waals surface area (Å²) in [7, 11) is 0. The predicted molar refractivity (Wildman–Crippen MR) is 103 cm³/mol. The van der Waals surface area contributed by atoms with Crippen molar-refractivity contribution < 1.29 is 14.0 Å². The second-order valence-electron chi connectivity index (χ2n) is 7.44. The van der Waals surface area contributed by atoms with Gasteiger partial charge < -0.3 is 15.5 Å². The van der Waals surface area contributed by atoms with Crippen LogP contribution in [0.4, 0.5) is 10.1 Å². The number of carbonyl (C=O) groups is 2. The van der Waals surface area contributed by atoms with E-state index in [-0.39, 0.29) is 24.2 Å². The van der Waals surface area contributed by atoms with Crippen molar-refractivity contribution in [3.8, 4) is 0 Å². The van der Waals surface area contributed by atoms with E-state index in [9.17, 15) is 14.0 Å². The molecule has 0 aromatic heterocycles. The largest absolute Gasteiger partial charge is 0.340 e. The Labute approximate surface area is 160 Å². The first-order valence-corrected chi connectivity index (χ1v) is 9.86. The summed E-state index contributed by atoms with van der Waals surface area (Å²) in [6.07, 6.45) is 3.96. The maximum Gasteiger partial charge on any atom is 0.238 e. The Morgan fingerprint density at radius 2 is 1.74 bits per heavy atom. The molecule has 0 unspecified atom stereocenters. The zero-order valence-electron chi connectivity index (χ0n) is 15.8. The van der Waals surface area contributed by atoms with Crippen molar-refractivity contribution in [2.24, 2.45) is 5.92 Å². The maximum absolute atomic E-state index is 12.9. The fraction of sp³-hybridized carbons (Fsp3) is 0.600. The molecule has 0 spiro atoms. The third-order valence-electron chi connectivity index (χ3n) is 5.45. The molecule has 2 saturated heterocycles. The van der Waals surface area contributed by atoms with Gasteiger partial charge in [0.25, 0.3) is 0 Å². The van der Waals surface area contributed by atoms with Gasteiger partial charge in [0.1, 0.15) is 5.82 Å². The highest BCUT2D eigenvalue weighted by Gasteiger charge is 2.23. The van der Waals surface area contributed by atoms with Crippen LogP contribution in [0.3, 0.4) is 0 Å². The first-order valence-electron chi connectivity index (χ1n) is 9.86. The number of amides is 2. The van der Waals surface area contributed by atoms with E-state index in [4.69, 9.17) is 0 Å². The average Bonchev–Trinajstić information content (AvgIpc) is 2.69. The van der Waals surface area contributed by atoms with E-state index in [2.05, 4.69) is 15.5 Å². The van der Waals surface area contributed by atoms with Gasteiger partial charge in [0.15, 0.2) is 0 Å². The van der Waals surface area contributed by atoms with Gasteiger partial charge in [-0.3, -0.25) is 14.5 Å². The summed E-state index contributed by atoms with van der Waals surface area (Å²) < 4.78 is 12.9. The van der Waals surface area contributed by atoms with Gasteiger partial charge in [0, 0.05) is 38.3 Å². The van der Waals surface area contributed by atoms with Gasteiger partial charge >= 0.3 is 0 Å². The summed E-state index contributed by atoms with van der Waals surface area (Å²) in [5, 5.41) is 6.13. The molecule has 0 bridgehead atoms. The summed E-state index contributed by atoms with van der Waals surface area (Å²) in [5.41, 5.74) is 0.591. The molecule has 0 saturated carbocycles. The van der Waals surface area contributed by atoms with Gasteiger partial charge in [0.2, 0.25) is 11.8 Å². The van der Waals surface area contributed by atoms with Crippen LogP contribution in [-0.2, 0) is 9.59 Å². The lowest BCUT2D eigenvalue weighted by Crippen LogP contribution is -2.50. The minimum Gasteiger partial charge on any atom is -0.340 e. The normalized spacial score (nSPS) is 19.1. The molecule has 7 heteroatoms. The Kier molecular flexibility index (Phi) is 7.18. The van der Waals surface area contributed by atoms with Crippen molar-refractivity contribution in [1.82, 2.24) is 15.1 Å². The maximum atomic E-state index is 12.9. The van der Waals surface area contributed by atoms with Crippen LogP contribution in [0.15, 0.2) is 24.3 Å². The fourth-order valence-electron chi connectivity index (χ4n) is 3.75. The smallest absolute Gasteiger partial charge is 0.238 e. The number of piperazine rings is 1. The number of hydrogen-bond donors (Lipinski definition) is 2. The predicted octanol–water partition coefficient (Wildman–Crippen LogP) is 1.69. The number of anilines is 1. The molecule has 2 amide bonds. The molecule has 2 N–H and O–H groups in total. The summed E-state index contributed by atoms with van der Waals surface area (Å²) in [5.74, 6) is 0.469. The number of carbonyl (C=O) groups excluding carboxylic acids is 2. The average molecular weight is 376 g/mol. The highest BCUT2D eigenvalue weighted by Crippen LogP contribution is 2.18. The third kappa shape index (κ3) is 6.29. The van der Waals surface area contributed by atoms with E-state index < -0.39 is 0 Å². The Morgan fingerprint density at radius 3 is 2.41 bits per heavy atom. The summed E-state index contributed by atoms with van der Waals surface area (Å²) in [6, 6.07) is 5.74. The Bertz CT molecular complexity index is 623. The van der Waals surface area contributed by atoms with E-state index in [1.54, 1.807) is 12.1 Å². The van der Waals surface area contributed by atoms with Crippen LogP contribution in [0.2, 0.25) is 0 Å². The van der Waals surface area contributed by atoms with Crippen molar-refractivity contribution in [2.45, 2.75) is 25.7 Å². The van der Waals surface area contributed by atoms with E-state index in [1.807, 2.05) is 4.90 Å². The number of piperidine rings is 1. The van der Waals surface area contributed by atoms with E-state index in [0.29, 0.717) is 44.2 Å². The molecular formula is C20H29FN4O2. The van der Waals surface area contributed by atoms with Crippen LogP contribution in [0.5, 0.6) is 0 Å². The summed E-state index contributed by atoms with van der Waals surface area (Å²) in [4.78, 5) is 28.5. The quantitative estimate of drug-likeness (QED) is 0.793. The lowest BCUT2D eigenvalue weighted by atomic mass is 9.93. The molecule has 1 aromatic carbocycles. The van der Waals surface area contributed by atoms with Crippen LogP contribution in [0.25, 0.3) is 0 Å². The molecule has 2 fully saturated rings. The molecular weight excluding hydrogens is 347 g/mol. The topological polar surface area (TPSA) is 64.7 Å². The molecule has 2 aliphatic heterocycles. The Morgan fingerprint density at radius 1 is 1.07 bits per heavy atom. The number of nitrogens with one attached hydrogen (secondary N) is 2. The van der Waals surface area contributed by atoms with E-state index in [1.165, 1.54) is 25.0 Å². The molecule has 2 heterocycles. The van der Waals surface area contributed by atoms with Gasteiger partial charge in [-0.05, 0) is 62.5 Å². The number of nitrogens with zero attached hydrogens (tertiary/aromatic N) is 2. The summed E-state index contributed by atoms with van der Waals surface area (Å²) in [6.45, 7) is 5.18. The second-order valence-corrected chi connectivity index (χ2v) is 7.44. The van der Waals surface area contributed by atoms with Crippen LogP contribution in [-0.4, -0.2) is 67.4 Å². The van der Waals surface area contributed by atoms with Gasteiger partial charge in [-0.15, -0.1) is 0 Å². The molecule has 6 nitrogen and oxygen atoms in total. The van der Waals surface area contributed by atoms with Gasteiger partial charge in [-0.1, -0.05) is 0 Å². The Balaban J connectivity index is 1.34. The molecule has 0 atom stereocenters. The minimum absolute atomic E-state index is 0.118. The van der Waals surface area contributed by atoms with Crippen LogP contribution in [0, 0.1) is 11.7 Å². The standard InChI is InChI=1S/C20H29FN4O2/c21-17-2-4-18(5-3-17)23-19(26)15-24-11-13-25(14-12-24)20(27)6-1-16-7-9-22-10-8-16/h2-5,16,22H,1,6-15H2,(H,23,26). The first kappa shape index (κ1) is 19.8. The van der Waals surface area contributed by atoms with Gasteiger partial charge in [-0.25, -0.2) is 4.39 Å². The number of rotatable bonds is 6. The highest BCUT2D eigenvalue weighted by atomic mass is 19.1. The molecule has 1 aromatic rings.